The fourth-order valence-corrected chi connectivity index (χ4v) is 2.70. The highest BCUT2D eigenvalue weighted by molar-refractivity contribution is 7.12. The van der Waals surface area contributed by atoms with Crippen LogP contribution in [-0.4, -0.2) is 0 Å². The van der Waals surface area contributed by atoms with Gasteiger partial charge in [0.2, 0.25) is 0 Å². The van der Waals surface area contributed by atoms with Gasteiger partial charge in [0.05, 0.1) is 0 Å². The molecule has 1 heterocycles. The van der Waals surface area contributed by atoms with Gasteiger partial charge in [-0.2, -0.15) is 0 Å². The van der Waals surface area contributed by atoms with Gasteiger partial charge in [-0.3, -0.25) is 0 Å². The Morgan fingerprint density at radius 1 is 1.06 bits per heavy atom. The molecule has 5 heteroatoms. The number of hydrogen-bond donors (Lipinski definition) is 1. The predicted octanol–water partition coefficient (Wildman–Crippen LogP) is 4.39. The van der Waals surface area contributed by atoms with Crippen molar-refractivity contribution in [1.82, 2.24) is 0 Å². The number of nitrogens with one attached hydrogen (secondary N) is 1. The maximum absolute atomic E-state index is 13.4. The van der Waals surface area contributed by atoms with Crippen LogP contribution in [0.4, 0.5) is 18.9 Å². The molecule has 1 aromatic carbocycles. The molecule has 0 saturated carbocycles. The first-order valence-corrected chi connectivity index (χ1v) is 6.23. The normalized spacial score (nSPS) is 10.7. The highest BCUT2D eigenvalue weighted by atomic mass is 32.1. The van der Waals surface area contributed by atoms with Crippen molar-refractivity contribution in [2.75, 3.05) is 5.32 Å². The molecule has 0 radical (unpaired) electrons. The van der Waals surface area contributed by atoms with Crippen LogP contribution in [0.15, 0.2) is 18.2 Å². The third-order valence-electron chi connectivity index (χ3n) is 2.61. The molecule has 0 saturated heterocycles. The van der Waals surface area contributed by atoms with Crippen LogP contribution in [0.25, 0.3) is 0 Å². The lowest BCUT2D eigenvalue weighted by atomic mass is 10.2. The van der Waals surface area contributed by atoms with Crippen LogP contribution >= 0.6 is 11.3 Å². The fourth-order valence-electron chi connectivity index (χ4n) is 1.75. The molecule has 0 spiro atoms. The van der Waals surface area contributed by atoms with Crippen molar-refractivity contribution < 1.29 is 13.2 Å². The first kappa shape index (κ1) is 13.0. The van der Waals surface area contributed by atoms with Crippen molar-refractivity contribution in [2.45, 2.75) is 20.4 Å². The Morgan fingerprint density at radius 2 is 1.67 bits per heavy atom. The van der Waals surface area contributed by atoms with Crippen molar-refractivity contribution in [3.05, 3.63) is 51.0 Å². The number of thiophene rings is 1. The molecule has 0 fully saturated rings. The summed E-state index contributed by atoms with van der Waals surface area (Å²) in [6, 6.07) is 3.29. The van der Waals surface area contributed by atoms with E-state index >= 15 is 0 Å². The topological polar surface area (TPSA) is 12.0 Å². The maximum atomic E-state index is 13.4. The zero-order chi connectivity index (χ0) is 13.3. The maximum Gasteiger partial charge on any atom is 0.152 e. The van der Waals surface area contributed by atoms with Crippen molar-refractivity contribution >= 4 is 17.0 Å². The second-order valence-corrected chi connectivity index (χ2v) is 5.50. The molecule has 96 valence electrons. The van der Waals surface area contributed by atoms with Gasteiger partial charge in [0, 0.05) is 28.4 Å². The van der Waals surface area contributed by atoms with Crippen molar-refractivity contribution in [1.29, 1.82) is 0 Å². The molecule has 1 aromatic heterocycles. The Balaban J connectivity index is 2.18. The monoisotopic (exact) mass is 271 g/mol. The lowest BCUT2D eigenvalue weighted by molar-refractivity contribution is 0.547. The Hall–Kier alpha value is -1.49. The largest absolute Gasteiger partial charge is 0.376 e. The summed E-state index contributed by atoms with van der Waals surface area (Å²) in [5.74, 6) is -2.76. The summed E-state index contributed by atoms with van der Waals surface area (Å²) in [7, 11) is 0. The van der Waals surface area contributed by atoms with Gasteiger partial charge in [-0.15, -0.1) is 11.3 Å². The highest BCUT2D eigenvalue weighted by Crippen LogP contribution is 2.24. The summed E-state index contributed by atoms with van der Waals surface area (Å²) >= 11 is 1.63. The second-order valence-electron chi connectivity index (χ2n) is 4.04. The fraction of sp³-hybridized carbons (Fsp3) is 0.231. The van der Waals surface area contributed by atoms with E-state index in [0.717, 1.165) is 15.3 Å². The molecule has 1 nitrogen and oxygen atoms in total. The van der Waals surface area contributed by atoms with Gasteiger partial charge in [0.25, 0.3) is 0 Å². The number of aryl methyl sites for hydroxylation is 2. The summed E-state index contributed by atoms with van der Waals surface area (Å²) in [5.41, 5.74) is 0.695. The van der Waals surface area contributed by atoms with E-state index in [9.17, 15) is 13.2 Å². The van der Waals surface area contributed by atoms with Gasteiger partial charge in [-0.05, 0) is 25.5 Å². The average Bonchev–Trinajstić information content (AvgIpc) is 2.55. The standard InChI is InChI=1S/C13H12F3NS/c1-7-3-9(8(2)18-7)6-17-13-11(15)4-10(14)5-12(13)16/h3-5,17H,6H2,1-2H3. The molecule has 0 unspecified atom stereocenters. The van der Waals surface area contributed by atoms with Crippen LogP contribution in [0.5, 0.6) is 0 Å². The van der Waals surface area contributed by atoms with E-state index in [1.54, 1.807) is 11.3 Å². The number of halogens is 3. The SMILES string of the molecule is Cc1cc(CNc2c(F)cc(F)cc2F)c(C)s1. The van der Waals surface area contributed by atoms with Crippen molar-refractivity contribution in [3.63, 3.8) is 0 Å². The van der Waals surface area contributed by atoms with E-state index in [0.29, 0.717) is 18.7 Å². The molecule has 1 N–H and O–H groups in total. The van der Waals surface area contributed by atoms with E-state index in [1.807, 2.05) is 19.9 Å². The zero-order valence-corrected chi connectivity index (χ0v) is 10.8. The highest BCUT2D eigenvalue weighted by Gasteiger charge is 2.12. The summed E-state index contributed by atoms with van der Waals surface area (Å²) in [4.78, 5) is 2.24. The lowest BCUT2D eigenvalue weighted by Gasteiger charge is -2.08. The van der Waals surface area contributed by atoms with E-state index in [1.165, 1.54) is 0 Å². The third kappa shape index (κ3) is 2.67. The van der Waals surface area contributed by atoms with Crippen LogP contribution in [0, 0.1) is 31.3 Å². The zero-order valence-electron chi connectivity index (χ0n) is 9.98. The van der Waals surface area contributed by atoms with Crippen LogP contribution in [0.1, 0.15) is 15.3 Å². The molecule has 0 bridgehead atoms. The molecule has 0 aliphatic carbocycles. The Morgan fingerprint density at radius 3 is 2.17 bits per heavy atom. The third-order valence-corrected chi connectivity index (χ3v) is 3.61. The molecule has 0 atom stereocenters. The predicted molar refractivity (Wildman–Crippen MR) is 67.4 cm³/mol. The number of benzene rings is 1. The summed E-state index contributed by atoms with van der Waals surface area (Å²) in [6.07, 6.45) is 0. The smallest absolute Gasteiger partial charge is 0.152 e. The van der Waals surface area contributed by atoms with Crippen LogP contribution < -0.4 is 5.32 Å². The van der Waals surface area contributed by atoms with Crippen LogP contribution in [0.2, 0.25) is 0 Å². The van der Waals surface area contributed by atoms with Gasteiger partial charge < -0.3 is 5.32 Å². The summed E-state index contributed by atoms with van der Waals surface area (Å²) in [6.45, 7) is 4.24. The molecule has 2 rings (SSSR count). The quantitative estimate of drug-likeness (QED) is 0.872. The number of anilines is 1. The summed E-state index contributed by atoms with van der Waals surface area (Å²) < 4.78 is 39.5. The lowest BCUT2D eigenvalue weighted by Crippen LogP contribution is -2.04. The molecule has 0 aliphatic rings. The van der Waals surface area contributed by atoms with E-state index in [2.05, 4.69) is 5.32 Å². The average molecular weight is 271 g/mol. The Bertz CT molecular complexity index is 555. The van der Waals surface area contributed by atoms with Gasteiger partial charge in [-0.25, -0.2) is 13.2 Å². The molecule has 0 aliphatic heterocycles. The van der Waals surface area contributed by atoms with Gasteiger partial charge in [0.1, 0.15) is 11.5 Å². The van der Waals surface area contributed by atoms with Crippen molar-refractivity contribution in [2.24, 2.45) is 0 Å². The Labute approximate surface area is 107 Å². The number of rotatable bonds is 3. The summed E-state index contributed by atoms with van der Waals surface area (Å²) in [5, 5.41) is 2.67. The minimum atomic E-state index is -0.919. The van der Waals surface area contributed by atoms with Gasteiger partial charge in [0.15, 0.2) is 11.6 Å². The van der Waals surface area contributed by atoms with Gasteiger partial charge >= 0.3 is 0 Å². The molecule has 2 aromatic rings. The molecule has 0 amide bonds. The minimum Gasteiger partial charge on any atom is -0.376 e. The Kier molecular flexibility index (Phi) is 3.61. The molecular formula is C13H12F3NS. The minimum absolute atomic E-state index is 0.292. The second kappa shape index (κ2) is 5.02. The van der Waals surface area contributed by atoms with Crippen LogP contribution in [0.3, 0.4) is 0 Å². The van der Waals surface area contributed by atoms with Crippen molar-refractivity contribution in [3.8, 4) is 0 Å². The first-order valence-electron chi connectivity index (χ1n) is 5.41. The first-order chi connectivity index (χ1) is 8.47. The van der Waals surface area contributed by atoms with E-state index in [4.69, 9.17) is 0 Å². The van der Waals surface area contributed by atoms with Gasteiger partial charge in [-0.1, -0.05) is 0 Å². The molecular weight excluding hydrogens is 259 g/mol. The number of hydrogen-bond acceptors (Lipinski definition) is 2. The molecule has 18 heavy (non-hydrogen) atoms. The van der Waals surface area contributed by atoms with Crippen LogP contribution in [-0.2, 0) is 6.54 Å². The van der Waals surface area contributed by atoms with E-state index < -0.39 is 17.5 Å². The van der Waals surface area contributed by atoms with E-state index in [-0.39, 0.29) is 5.69 Å².